The maximum absolute atomic E-state index is 11.9. The number of hydrogen-bond acceptors (Lipinski definition) is 4. The van der Waals surface area contributed by atoms with Gasteiger partial charge in [0.05, 0.1) is 6.61 Å². The fraction of sp³-hybridized carbons (Fsp3) is 0.250. The van der Waals surface area contributed by atoms with Gasteiger partial charge in [-0.3, -0.25) is 9.69 Å². The molecule has 1 aliphatic heterocycles. The molecule has 21 heavy (non-hydrogen) atoms. The molecule has 5 nitrogen and oxygen atoms in total. The highest BCUT2D eigenvalue weighted by Crippen LogP contribution is 2.30. The molecule has 0 radical (unpaired) electrons. The lowest BCUT2D eigenvalue weighted by atomic mass is 10.1. The van der Waals surface area contributed by atoms with Crippen LogP contribution >= 0.6 is 0 Å². The number of ether oxygens (including phenoxy) is 2. The lowest BCUT2D eigenvalue weighted by Gasteiger charge is -2.21. The molecule has 108 valence electrons. The molecule has 1 aliphatic rings. The van der Waals surface area contributed by atoms with Crippen molar-refractivity contribution in [2.24, 2.45) is 0 Å². The van der Waals surface area contributed by atoms with E-state index in [0.29, 0.717) is 0 Å². The van der Waals surface area contributed by atoms with Gasteiger partial charge >= 0.3 is 12.1 Å². The van der Waals surface area contributed by atoms with Gasteiger partial charge < -0.3 is 9.47 Å². The molecule has 3 rings (SSSR count). The van der Waals surface area contributed by atoms with Crippen LogP contribution in [0.25, 0.3) is 10.8 Å². The second kappa shape index (κ2) is 5.44. The van der Waals surface area contributed by atoms with Gasteiger partial charge in [0.2, 0.25) is 6.23 Å². The lowest BCUT2D eigenvalue weighted by Crippen LogP contribution is -2.32. The van der Waals surface area contributed by atoms with Gasteiger partial charge in [0.1, 0.15) is 6.54 Å². The SMILES string of the molecule is CCOC(=O)N1CC(=O)OC1c1ccc2ccccc2c1. The van der Waals surface area contributed by atoms with E-state index in [9.17, 15) is 9.59 Å². The zero-order valence-corrected chi connectivity index (χ0v) is 11.6. The van der Waals surface area contributed by atoms with Gasteiger partial charge in [0.25, 0.3) is 0 Å². The Morgan fingerprint density at radius 2 is 2.05 bits per heavy atom. The third kappa shape index (κ3) is 2.54. The second-order valence-corrected chi connectivity index (χ2v) is 4.78. The topological polar surface area (TPSA) is 55.8 Å². The smallest absolute Gasteiger partial charge is 0.413 e. The highest BCUT2D eigenvalue weighted by molar-refractivity contribution is 5.84. The van der Waals surface area contributed by atoms with Gasteiger partial charge in [-0.1, -0.05) is 36.4 Å². The third-order valence-electron chi connectivity index (χ3n) is 3.39. The molecule has 5 heteroatoms. The number of benzene rings is 2. The number of amides is 1. The molecule has 0 aliphatic carbocycles. The van der Waals surface area contributed by atoms with Crippen molar-refractivity contribution in [1.29, 1.82) is 0 Å². The van der Waals surface area contributed by atoms with E-state index in [1.807, 2.05) is 42.5 Å². The standard InChI is InChI=1S/C16H15NO4/c1-2-20-16(19)17-10-14(18)21-15(17)13-8-7-11-5-3-4-6-12(11)9-13/h3-9,15H,2,10H2,1H3. The van der Waals surface area contributed by atoms with Crippen molar-refractivity contribution < 1.29 is 19.1 Å². The summed E-state index contributed by atoms with van der Waals surface area (Å²) in [6.07, 6.45) is -1.26. The number of hydrogen-bond donors (Lipinski definition) is 0. The van der Waals surface area contributed by atoms with Crippen molar-refractivity contribution in [2.75, 3.05) is 13.2 Å². The Hall–Kier alpha value is -2.56. The molecule has 1 saturated heterocycles. The molecule has 1 heterocycles. The molecule has 2 aromatic carbocycles. The monoisotopic (exact) mass is 285 g/mol. The first-order valence-corrected chi connectivity index (χ1v) is 6.80. The van der Waals surface area contributed by atoms with Crippen LogP contribution in [0.5, 0.6) is 0 Å². The van der Waals surface area contributed by atoms with Crippen molar-refractivity contribution in [3.8, 4) is 0 Å². The number of carbonyl (C=O) groups is 2. The summed E-state index contributed by atoms with van der Waals surface area (Å²) in [6, 6.07) is 13.6. The number of cyclic esters (lactones) is 1. The maximum Gasteiger partial charge on any atom is 0.413 e. The molecule has 0 saturated carbocycles. The zero-order chi connectivity index (χ0) is 14.8. The van der Waals surface area contributed by atoms with Crippen LogP contribution < -0.4 is 0 Å². The van der Waals surface area contributed by atoms with E-state index in [1.54, 1.807) is 6.92 Å². The minimum absolute atomic E-state index is 0.0870. The van der Waals surface area contributed by atoms with E-state index in [1.165, 1.54) is 4.90 Å². The first-order chi connectivity index (χ1) is 10.2. The van der Waals surface area contributed by atoms with Crippen molar-refractivity contribution >= 4 is 22.8 Å². The van der Waals surface area contributed by atoms with E-state index in [4.69, 9.17) is 9.47 Å². The molecule has 1 fully saturated rings. The minimum atomic E-state index is -0.721. The first kappa shape index (κ1) is 13.4. The summed E-state index contributed by atoms with van der Waals surface area (Å²) >= 11 is 0. The van der Waals surface area contributed by atoms with Crippen molar-refractivity contribution in [1.82, 2.24) is 4.90 Å². The number of carbonyl (C=O) groups excluding carboxylic acids is 2. The Kier molecular flexibility index (Phi) is 3.48. The number of esters is 1. The number of rotatable bonds is 2. The number of nitrogens with zero attached hydrogens (tertiary/aromatic N) is 1. The Morgan fingerprint density at radius 1 is 1.29 bits per heavy atom. The normalized spacial score (nSPS) is 17.9. The van der Waals surface area contributed by atoms with E-state index in [0.717, 1.165) is 16.3 Å². The average molecular weight is 285 g/mol. The van der Waals surface area contributed by atoms with Crippen LogP contribution in [0.1, 0.15) is 18.7 Å². The highest BCUT2D eigenvalue weighted by Gasteiger charge is 2.37. The summed E-state index contributed by atoms with van der Waals surface area (Å²) in [7, 11) is 0. The van der Waals surface area contributed by atoms with Crippen molar-refractivity contribution in [3.63, 3.8) is 0 Å². The van der Waals surface area contributed by atoms with Gasteiger partial charge in [-0.05, 0) is 23.8 Å². The zero-order valence-electron chi connectivity index (χ0n) is 11.6. The predicted octanol–water partition coefficient (Wildman–Crippen LogP) is 2.85. The van der Waals surface area contributed by atoms with Gasteiger partial charge in [-0.2, -0.15) is 0 Å². The molecule has 1 atom stereocenters. The first-order valence-electron chi connectivity index (χ1n) is 6.80. The third-order valence-corrected chi connectivity index (χ3v) is 3.39. The summed E-state index contributed by atoms with van der Waals surface area (Å²) in [4.78, 5) is 24.7. The van der Waals surface area contributed by atoms with Crippen LogP contribution in [0.15, 0.2) is 42.5 Å². The molecule has 1 amide bonds. The second-order valence-electron chi connectivity index (χ2n) is 4.78. The van der Waals surface area contributed by atoms with Gasteiger partial charge in [0, 0.05) is 5.56 Å². The Balaban J connectivity index is 1.95. The Bertz CT molecular complexity index is 697. The van der Waals surface area contributed by atoms with Gasteiger partial charge in [0.15, 0.2) is 0 Å². The van der Waals surface area contributed by atoms with E-state index in [2.05, 4.69) is 0 Å². The van der Waals surface area contributed by atoms with E-state index in [-0.39, 0.29) is 13.2 Å². The number of fused-ring (bicyclic) bond motifs is 1. The fourth-order valence-electron chi connectivity index (χ4n) is 2.42. The largest absolute Gasteiger partial charge is 0.450 e. The van der Waals surface area contributed by atoms with Crippen LogP contribution in [0, 0.1) is 0 Å². The molecule has 0 spiro atoms. The van der Waals surface area contributed by atoms with Crippen molar-refractivity contribution in [3.05, 3.63) is 48.0 Å². The van der Waals surface area contributed by atoms with Crippen molar-refractivity contribution in [2.45, 2.75) is 13.2 Å². The molecular formula is C16H15NO4. The van der Waals surface area contributed by atoms with Crippen LogP contribution in [-0.2, 0) is 14.3 Å². The summed E-state index contributed by atoms with van der Waals surface area (Å²) in [5.41, 5.74) is 0.757. The average Bonchev–Trinajstić information content (AvgIpc) is 2.89. The summed E-state index contributed by atoms with van der Waals surface area (Å²) in [5.74, 6) is -0.429. The molecular weight excluding hydrogens is 270 g/mol. The molecule has 0 bridgehead atoms. The predicted molar refractivity (Wildman–Crippen MR) is 76.5 cm³/mol. The van der Waals surface area contributed by atoms with Gasteiger partial charge in [-0.25, -0.2) is 4.79 Å². The van der Waals surface area contributed by atoms with Gasteiger partial charge in [-0.15, -0.1) is 0 Å². The summed E-state index contributed by atoms with van der Waals surface area (Å²) in [5, 5.41) is 2.12. The minimum Gasteiger partial charge on any atom is -0.450 e. The molecule has 0 aromatic heterocycles. The van der Waals surface area contributed by atoms with Crippen LogP contribution in [0.4, 0.5) is 4.79 Å². The quantitative estimate of drug-likeness (QED) is 0.796. The summed E-state index contributed by atoms with van der Waals surface area (Å²) in [6.45, 7) is 1.89. The summed E-state index contributed by atoms with van der Waals surface area (Å²) < 4.78 is 10.2. The van der Waals surface area contributed by atoms with E-state index < -0.39 is 18.3 Å². The van der Waals surface area contributed by atoms with Crippen LogP contribution in [0.2, 0.25) is 0 Å². The highest BCUT2D eigenvalue weighted by atomic mass is 16.6. The Morgan fingerprint density at radius 3 is 2.81 bits per heavy atom. The Labute approximate surface area is 122 Å². The molecule has 0 N–H and O–H groups in total. The molecule has 1 unspecified atom stereocenters. The molecule has 2 aromatic rings. The fourth-order valence-corrected chi connectivity index (χ4v) is 2.42. The maximum atomic E-state index is 11.9. The van der Waals surface area contributed by atoms with Crippen LogP contribution in [0.3, 0.4) is 0 Å². The lowest BCUT2D eigenvalue weighted by molar-refractivity contribution is -0.141. The van der Waals surface area contributed by atoms with Crippen LogP contribution in [-0.4, -0.2) is 30.1 Å². The van der Waals surface area contributed by atoms with E-state index >= 15 is 0 Å².